The highest BCUT2D eigenvalue weighted by molar-refractivity contribution is 5.85. The Bertz CT molecular complexity index is 1470. The van der Waals surface area contributed by atoms with Crippen LogP contribution < -0.4 is 10.4 Å². The van der Waals surface area contributed by atoms with Gasteiger partial charge >= 0.3 is 5.63 Å². The second-order valence-corrected chi connectivity index (χ2v) is 7.29. The first-order chi connectivity index (χ1) is 15.6. The molecule has 3 aromatic carbocycles. The van der Waals surface area contributed by atoms with Gasteiger partial charge in [0.1, 0.15) is 18.0 Å². The highest BCUT2D eigenvalue weighted by Crippen LogP contribution is 2.29. The number of para-hydroxylation sites is 1. The summed E-state index contributed by atoms with van der Waals surface area (Å²) in [5.74, 6) is 0.410. The molecule has 0 amide bonds. The van der Waals surface area contributed by atoms with Crippen LogP contribution in [-0.4, -0.2) is 10.1 Å². The van der Waals surface area contributed by atoms with Crippen molar-refractivity contribution in [1.29, 1.82) is 0 Å². The number of hydrogen-bond donors (Lipinski definition) is 0. The summed E-state index contributed by atoms with van der Waals surface area (Å²) in [6, 6.07) is 20.8. The van der Waals surface area contributed by atoms with E-state index in [-0.39, 0.29) is 29.5 Å². The summed E-state index contributed by atoms with van der Waals surface area (Å²) >= 11 is 0. The van der Waals surface area contributed by atoms with Crippen molar-refractivity contribution in [3.63, 3.8) is 0 Å². The highest BCUT2D eigenvalue weighted by Gasteiger charge is 2.17. The van der Waals surface area contributed by atoms with Crippen LogP contribution in [0.2, 0.25) is 0 Å². The molecule has 0 bridgehead atoms. The lowest BCUT2D eigenvalue weighted by Crippen LogP contribution is -2.04. The zero-order chi connectivity index (χ0) is 22.1. The van der Waals surface area contributed by atoms with E-state index in [9.17, 15) is 9.18 Å². The molecule has 0 saturated carbocycles. The molecule has 7 heteroatoms. The van der Waals surface area contributed by atoms with Crippen molar-refractivity contribution in [2.75, 3.05) is 0 Å². The van der Waals surface area contributed by atoms with Gasteiger partial charge in [0.05, 0.1) is 0 Å². The Morgan fingerprint density at radius 1 is 1.00 bits per heavy atom. The Morgan fingerprint density at radius 2 is 1.81 bits per heavy atom. The van der Waals surface area contributed by atoms with Crippen LogP contribution in [0.1, 0.15) is 11.1 Å². The van der Waals surface area contributed by atoms with Gasteiger partial charge in [-0.2, -0.15) is 4.98 Å². The van der Waals surface area contributed by atoms with Crippen molar-refractivity contribution in [1.82, 2.24) is 10.1 Å². The van der Waals surface area contributed by atoms with Crippen molar-refractivity contribution in [3.8, 4) is 28.6 Å². The third-order valence-corrected chi connectivity index (χ3v) is 5.03. The third kappa shape index (κ3) is 3.76. The number of benzene rings is 3. The minimum Gasteiger partial charge on any atom is -0.485 e. The smallest absolute Gasteiger partial charge is 0.349 e. The molecular formula is C25H17FN2O4. The first-order valence-electron chi connectivity index (χ1n) is 9.93. The van der Waals surface area contributed by atoms with Gasteiger partial charge < -0.3 is 13.7 Å². The molecule has 6 nitrogen and oxygen atoms in total. The molecule has 5 aromatic rings. The fourth-order valence-corrected chi connectivity index (χ4v) is 3.30. The van der Waals surface area contributed by atoms with Crippen LogP contribution in [0, 0.1) is 12.7 Å². The number of halogens is 1. The maximum Gasteiger partial charge on any atom is 0.349 e. The monoisotopic (exact) mass is 428 g/mol. The van der Waals surface area contributed by atoms with Gasteiger partial charge in [0.15, 0.2) is 11.3 Å². The summed E-state index contributed by atoms with van der Waals surface area (Å²) in [5, 5.41) is 4.59. The average Bonchev–Trinajstić information content (AvgIpc) is 3.29. The fourth-order valence-electron chi connectivity index (χ4n) is 3.30. The van der Waals surface area contributed by atoms with Crippen LogP contribution in [0.25, 0.3) is 33.8 Å². The normalized spacial score (nSPS) is 11.1. The molecule has 0 aliphatic carbocycles. The van der Waals surface area contributed by atoms with Crippen LogP contribution in [0.15, 0.2) is 86.5 Å². The molecule has 0 radical (unpaired) electrons. The van der Waals surface area contributed by atoms with E-state index in [1.54, 1.807) is 42.5 Å². The SMILES string of the molecule is Cc1ccc(-c2noc(-c3cc4cccc(OCc5ccccc5F)c4oc3=O)n2)cc1. The first-order valence-corrected chi connectivity index (χ1v) is 9.93. The number of ether oxygens (including phenoxy) is 1. The number of fused-ring (bicyclic) bond motifs is 1. The maximum absolute atomic E-state index is 13.9. The zero-order valence-corrected chi connectivity index (χ0v) is 17.0. The number of nitrogens with zero attached hydrogens (tertiary/aromatic N) is 2. The standard InChI is InChI=1S/C25H17FN2O4/c1-15-9-11-16(12-10-15)23-27-24(32-28-23)19-13-17-6-4-8-21(22(17)31-25(19)29)30-14-18-5-2-3-7-20(18)26/h2-13H,14H2,1H3. The summed E-state index contributed by atoms with van der Waals surface area (Å²) < 4.78 is 30.5. The van der Waals surface area contributed by atoms with Crippen molar-refractivity contribution in [2.24, 2.45) is 0 Å². The Balaban J connectivity index is 1.48. The molecule has 158 valence electrons. The molecule has 0 aliphatic rings. The average molecular weight is 428 g/mol. The van der Waals surface area contributed by atoms with Gasteiger partial charge in [-0.05, 0) is 25.1 Å². The van der Waals surface area contributed by atoms with E-state index in [1.807, 2.05) is 31.2 Å². The quantitative estimate of drug-likeness (QED) is 0.342. The zero-order valence-electron chi connectivity index (χ0n) is 17.0. The number of rotatable bonds is 5. The molecule has 2 aromatic heterocycles. The summed E-state index contributed by atoms with van der Waals surface area (Å²) in [7, 11) is 0. The maximum atomic E-state index is 13.9. The van der Waals surface area contributed by atoms with Crippen molar-refractivity contribution < 1.29 is 18.1 Å². The van der Waals surface area contributed by atoms with E-state index in [1.165, 1.54) is 6.07 Å². The van der Waals surface area contributed by atoms with Gasteiger partial charge in [0.25, 0.3) is 5.89 Å². The predicted molar refractivity (Wildman–Crippen MR) is 117 cm³/mol. The van der Waals surface area contributed by atoms with E-state index in [0.29, 0.717) is 22.5 Å². The molecule has 0 spiro atoms. The van der Waals surface area contributed by atoms with E-state index in [4.69, 9.17) is 13.7 Å². The van der Waals surface area contributed by atoms with Gasteiger partial charge in [0, 0.05) is 16.5 Å². The van der Waals surface area contributed by atoms with Crippen LogP contribution in [0.3, 0.4) is 0 Å². The molecule has 0 atom stereocenters. The topological polar surface area (TPSA) is 78.4 Å². The van der Waals surface area contributed by atoms with Gasteiger partial charge in [0.2, 0.25) is 5.82 Å². The Hall–Kier alpha value is -4.26. The predicted octanol–water partition coefficient (Wildman–Crippen LogP) is 5.54. The molecule has 2 heterocycles. The summed E-state index contributed by atoms with van der Waals surface area (Å²) in [6.07, 6.45) is 0. The molecular weight excluding hydrogens is 411 g/mol. The largest absolute Gasteiger partial charge is 0.485 e. The van der Waals surface area contributed by atoms with Crippen molar-refractivity contribution >= 4 is 11.0 Å². The second kappa shape index (κ2) is 8.11. The Kier molecular flexibility index (Phi) is 4.99. The van der Waals surface area contributed by atoms with E-state index in [2.05, 4.69) is 10.1 Å². The first kappa shape index (κ1) is 19.7. The van der Waals surface area contributed by atoms with Gasteiger partial charge in [-0.25, -0.2) is 9.18 Å². The van der Waals surface area contributed by atoms with Crippen molar-refractivity contribution in [2.45, 2.75) is 13.5 Å². The molecule has 0 saturated heterocycles. The molecule has 5 rings (SSSR count). The van der Waals surface area contributed by atoms with E-state index < -0.39 is 5.63 Å². The second-order valence-electron chi connectivity index (χ2n) is 7.29. The third-order valence-electron chi connectivity index (χ3n) is 5.03. The molecule has 0 unspecified atom stereocenters. The number of aryl methyl sites for hydroxylation is 1. The van der Waals surface area contributed by atoms with Gasteiger partial charge in [-0.1, -0.05) is 65.3 Å². The minimum atomic E-state index is -0.640. The molecule has 0 aliphatic heterocycles. The Labute approximate surface area is 181 Å². The highest BCUT2D eigenvalue weighted by atomic mass is 19.1. The van der Waals surface area contributed by atoms with Crippen LogP contribution in [0.4, 0.5) is 4.39 Å². The van der Waals surface area contributed by atoms with Gasteiger partial charge in [-0.15, -0.1) is 0 Å². The van der Waals surface area contributed by atoms with E-state index >= 15 is 0 Å². The lowest BCUT2D eigenvalue weighted by molar-refractivity contribution is 0.298. The summed E-state index contributed by atoms with van der Waals surface area (Å²) in [4.78, 5) is 17.0. The van der Waals surface area contributed by atoms with Crippen LogP contribution in [0.5, 0.6) is 5.75 Å². The van der Waals surface area contributed by atoms with Crippen LogP contribution in [-0.2, 0) is 6.61 Å². The minimum absolute atomic E-state index is 0.000811. The Morgan fingerprint density at radius 3 is 2.62 bits per heavy atom. The lowest BCUT2D eigenvalue weighted by atomic mass is 10.1. The molecule has 0 fully saturated rings. The number of aromatic nitrogens is 2. The van der Waals surface area contributed by atoms with Gasteiger partial charge in [-0.3, -0.25) is 0 Å². The molecule has 0 N–H and O–H groups in total. The summed E-state index contributed by atoms with van der Waals surface area (Å²) in [5.41, 5.74) is 2.06. The molecule has 32 heavy (non-hydrogen) atoms. The number of hydrogen-bond acceptors (Lipinski definition) is 6. The van der Waals surface area contributed by atoms with E-state index in [0.717, 1.165) is 11.1 Å². The van der Waals surface area contributed by atoms with Crippen LogP contribution >= 0.6 is 0 Å². The fraction of sp³-hybridized carbons (Fsp3) is 0.0800. The lowest BCUT2D eigenvalue weighted by Gasteiger charge is -2.09. The summed E-state index contributed by atoms with van der Waals surface area (Å²) in [6.45, 7) is 1.99. The van der Waals surface area contributed by atoms with Crippen molar-refractivity contribution in [3.05, 3.63) is 100 Å².